The van der Waals surface area contributed by atoms with Crippen molar-refractivity contribution in [1.29, 1.82) is 0 Å². The molecule has 1 aromatic carbocycles. The molecule has 18 heavy (non-hydrogen) atoms. The lowest BCUT2D eigenvalue weighted by Gasteiger charge is -2.20. The highest BCUT2D eigenvalue weighted by Crippen LogP contribution is 2.21. The summed E-state index contributed by atoms with van der Waals surface area (Å²) >= 11 is 7.03. The van der Waals surface area contributed by atoms with Crippen molar-refractivity contribution in [3.05, 3.63) is 32.7 Å². The molecule has 1 rings (SSSR count). The molecule has 102 valence electrons. The van der Waals surface area contributed by atoms with Gasteiger partial charge < -0.3 is 10.1 Å². The number of nitrogens with one attached hydrogen (secondary N) is 1. The summed E-state index contributed by atoms with van der Waals surface area (Å²) < 4.78 is 7.88. The number of halogens is 2. The molecule has 0 saturated carbocycles. The minimum absolute atomic E-state index is 0.163. The van der Waals surface area contributed by atoms with Gasteiger partial charge in [-0.25, -0.2) is 0 Å². The average Bonchev–Trinajstić information content (AvgIpc) is 2.26. The Balaban J connectivity index is 2.20. The fourth-order valence-corrected chi connectivity index (χ4v) is 2.37. The molecule has 2 nitrogen and oxygen atoms in total. The van der Waals surface area contributed by atoms with E-state index >= 15 is 0 Å². The number of rotatable bonds is 6. The first-order valence-corrected chi connectivity index (χ1v) is 7.74. The third-order valence-corrected chi connectivity index (χ3v) is 3.69. The van der Waals surface area contributed by atoms with Crippen molar-refractivity contribution in [2.45, 2.75) is 32.7 Å². The van der Waals surface area contributed by atoms with E-state index in [0.717, 1.165) is 35.1 Å². The molecule has 1 N–H and O–H groups in total. The third kappa shape index (κ3) is 6.88. The molecule has 1 aromatic rings. The summed E-state index contributed by atoms with van der Waals surface area (Å²) in [6.07, 6.45) is 0.926. The standard InChI is InChI=1S/C14H21Br2NO/c1-14(2,3)17-7-9-18-8-6-11-10-12(15)4-5-13(11)16/h4-5,10,17H,6-9H2,1-3H3. The third-order valence-electron chi connectivity index (χ3n) is 2.43. The summed E-state index contributed by atoms with van der Waals surface area (Å²) in [7, 11) is 0. The van der Waals surface area contributed by atoms with E-state index in [-0.39, 0.29) is 5.54 Å². The van der Waals surface area contributed by atoms with Crippen LogP contribution in [0.15, 0.2) is 27.1 Å². The molecular weight excluding hydrogens is 358 g/mol. The molecule has 0 fully saturated rings. The molecule has 0 saturated heterocycles. The van der Waals surface area contributed by atoms with E-state index in [1.807, 2.05) is 6.07 Å². The lowest BCUT2D eigenvalue weighted by molar-refractivity contribution is 0.133. The van der Waals surface area contributed by atoms with Crippen LogP contribution in [0, 0.1) is 0 Å². The zero-order valence-corrected chi connectivity index (χ0v) is 14.4. The Bertz CT molecular complexity index is 375. The quantitative estimate of drug-likeness (QED) is 0.750. The zero-order chi connectivity index (χ0) is 13.6. The number of benzene rings is 1. The second-order valence-corrected chi connectivity index (χ2v) is 7.04. The molecule has 0 atom stereocenters. The topological polar surface area (TPSA) is 21.3 Å². The minimum atomic E-state index is 0.163. The molecule has 0 bridgehead atoms. The zero-order valence-electron chi connectivity index (χ0n) is 11.2. The number of ether oxygens (including phenoxy) is 1. The second kappa shape index (κ2) is 7.63. The van der Waals surface area contributed by atoms with Gasteiger partial charge in [-0.15, -0.1) is 0 Å². The Hall–Kier alpha value is 0.1000. The summed E-state index contributed by atoms with van der Waals surface area (Å²) in [5, 5.41) is 3.40. The van der Waals surface area contributed by atoms with Crippen LogP contribution >= 0.6 is 31.9 Å². The van der Waals surface area contributed by atoms with E-state index in [0.29, 0.717) is 0 Å². The van der Waals surface area contributed by atoms with E-state index < -0.39 is 0 Å². The predicted molar refractivity (Wildman–Crippen MR) is 84.1 cm³/mol. The van der Waals surface area contributed by atoms with E-state index in [4.69, 9.17) is 4.74 Å². The van der Waals surface area contributed by atoms with Crippen LogP contribution in [0.3, 0.4) is 0 Å². The van der Waals surface area contributed by atoms with Crippen molar-refractivity contribution < 1.29 is 4.74 Å². The van der Waals surface area contributed by atoms with Crippen LogP contribution in [-0.2, 0) is 11.2 Å². The molecule has 0 aromatic heterocycles. The Morgan fingerprint density at radius 2 is 1.89 bits per heavy atom. The molecule has 4 heteroatoms. The maximum absolute atomic E-state index is 5.63. The molecule has 0 heterocycles. The summed E-state index contributed by atoms with van der Waals surface area (Å²) in [6, 6.07) is 6.21. The maximum atomic E-state index is 5.63. The summed E-state index contributed by atoms with van der Waals surface area (Å²) in [6.45, 7) is 8.87. The second-order valence-electron chi connectivity index (χ2n) is 5.27. The van der Waals surface area contributed by atoms with Crippen LogP contribution < -0.4 is 5.32 Å². The van der Waals surface area contributed by atoms with Crippen LogP contribution in [0.4, 0.5) is 0 Å². The molecule has 0 aliphatic carbocycles. The summed E-state index contributed by atoms with van der Waals surface area (Å²) in [4.78, 5) is 0. The summed E-state index contributed by atoms with van der Waals surface area (Å²) in [5.41, 5.74) is 1.43. The Kier molecular flexibility index (Phi) is 6.85. The van der Waals surface area contributed by atoms with Gasteiger partial charge in [0.25, 0.3) is 0 Å². The van der Waals surface area contributed by atoms with Gasteiger partial charge in [-0.05, 0) is 51.0 Å². The Morgan fingerprint density at radius 1 is 1.17 bits per heavy atom. The van der Waals surface area contributed by atoms with E-state index in [9.17, 15) is 0 Å². The van der Waals surface area contributed by atoms with Crippen LogP contribution in [0.5, 0.6) is 0 Å². The van der Waals surface area contributed by atoms with Gasteiger partial charge in [0.1, 0.15) is 0 Å². The molecule has 0 spiro atoms. The fourth-order valence-electron chi connectivity index (χ4n) is 1.52. The first kappa shape index (κ1) is 16.2. The van der Waals surface area contributed by atoms with Crippen LogP contribution in [0.25, 0.3) is 0 Å². The highest BCUT2D eigenvalue weighted by molar-refractivity contribution is 9.11. The van der Waals surface area contributed by atoms with Crippen molar-refractivity contribution >= 4 is 31.9 Å². The van der Waals surface area contributed by atoms with Gasteiger partial charge >= 0.3 is 0 Å². The molecule has 0 radical (unpaired) electrons. The van der Waals surface area contributed by atoms with Gasteiger partial charge in [0.05, 0.1) is 13.2 Å². The minimum Gasteiger partial charge on any atom is -0.380 e. The molecule has 0 aliphatic heterocycles. The van der Waals surface area contributed by atoms with Crippen molar-refractivity contribution in [3.63, 3.8) is 0 Å². The van der Waals surface area contributed by atoms with Crippen LogP contribution in [0.1, 0.15) is 26.3 Å². The van der Waals surface area contributed by atoms with Gasteiger partial charge in [-0.3, -0.25) is 0 Å². The Labute approximate surface area is 127 Å². The van der Waals surface area contributed by atoms with Crippen molar-refractivity contribution in [1.82, 2.24) is 5.32 Å². The summed E-state index contributed by atoms with van der Waals surface area (Å²) in [5.74, 6) is 0. The maximum Gasteiger partial charge on any atom is 0.0591 e. The van der Waals surface area contributed by atoms with Gasteiger partial charge in [0.15, 0.2) is 0 Å². The molecular formula is C14H21Br2NO. The number of hydrogen-bond donors (Lipinski definition) is 1. The van der Waals surface area contributed by atoms with Gasteiger partial charge in [0.2, 0.25) is 0 Å². The lowest BCUT2D eigenvalue weighted by atomic mass is 10.1. The van der Waals surface area contributed by atoms with Gasteiger partial charge in [0, 0.05) is 21.0 Å². The molecule has 0 unspecified atom stereocenters. The average molecular weight is 379 g/mol. The number of hydrogen-bond acceptors (Lipinski definition) is 2. The van der Waals surface area contributed by atoms with Gasteiger partial charge in [-0.1, -0.05) is 31.9 Å². The van der Waals surface area contributed by atoms with Crippen molar-refractivity contribution in [2.24, 2.45) is 0 Å². The molecule has 0 amide bonds. The van der Waals surface area contributed by atoms with E-state index in [1.54, 1.807) is 0 Å². The largest absolute Gasteiger partial charge is 0.380 e. The highest BCUT2D eigenvalue weighted by atomic mass is 79.9. The van der Waals surface area contributed by atoms with E-state index in [1.165, 1.54) is 5.56 Å². The van der Waals surface area contributed by atoms with Crippen molar-refractivity contribution in [3.8, 4) is 0 Å². The fraction of sp³-hybridized carbons (Fsp3) is 0.571. The molecule has 0 aliphatic rings. The first-order chi connectivity index (χ1) is 8.38. The van der Waals surface area contributed by atoms with E-state index in [2.05, 4.69) is 70.1 Å². The van der Waals surface area contributed by atoms with Crippen LogP contribution in [0.2, 0.25) is 0 Å². The lowest BCUT2D eigenvalue weighted by Crippen LogP contribution is -2.38. The highest BCUT2D eigenvalue weighted by Gasteiger charge is 2.07. The smallest absolute Gasteiger partial charge is 0.0591 e. The monoisotopic (exact) mass is 377 g/mol. The van der Waals surface area contributed by atoms with Crippen LogP contribution in [-0.4, -0.2) is 25.3 Å². The normalized spacial score (nSPS) is 11.8. The SMILES string of the molecule is CC(C)(C)NCCOCCc1cc(Br)ccc1Br. The van der Waals surface area contributed by atoms with Crippen molar-refractivity contribution in [2.75, 3.05) is 19.8 Å². The Morgan fingerprint density at radius 3 is 2.56 bits per heavy atom. The first-order valence-electron chi connectivity index (χ1n) is 6.15. The van der Waals surface area contributed by atoms with Gasteiger partial charge in [-0.2, -0.15) is 0 Å². The predicted octanol–water partition coefficient (Wildman–Crippen LogP) is 4.16.